The number of carboxylic acids is 1. The predicted octanol–water partition coefficient (Wildman–Crippen LogP) is 0.986. The van der Waals surface area contributed by atoms with Crippen LogP contribution in [0.5, 0.6) is 0 Å². The van der Waals surface area contributed by atoms with Crippen molar-refractivity contribution in [3.05, 3.63) is 36.5 Å². The number of rotatable bonds is 4. The predicted molar refractivity (Wildman–Crippen MR) is 69.2 cm³/mol. The van der Waals surface area contributed by atoms with Gasteiger partial charge in [-0.3, -0.25) is 9.78 Å². The molecular weight excluding hydrogens is 268 g/mol. The number of carboxylic acid groups (broad SMARTS) is 1. The first-order chi connectivity index (χ1) is 8.92. The van der Waals surface area contributed by atoms with Gasteiger partial charge in [-0.05, 0) is 31.2 Å². The summed E-state index contributed by atoms with van der Waals surface area (Å²) < 4.78 is 26.4. The SMILES string of the molecule is C[C@H](NS(=O)(=O)c1cccc2ncccc12)C(=O)O. The minimum atomic E-state index is -3.90. The second-order valence-electron chi connectivity index (χ2n) is 4.01. The van der Waals surface area contributed by atoms with E-state index in [4.69, 9.17) is 5.11 Å². The van der Waals surface area contributed by atoms with Gasteiger partial charge in [0, 0.05) is 11.6 Å². The molecule has 6 nitrogen and oxygen atoms in total. The van der Waals surface area contributed by atoms with E-state index in [-0.39, 0.29) is 4.90 Å². The van der Waals surface area contributed by atoms with Crippen LogP contribution in [0.2, 0.25) is 0 Å². The number of benzene rings is 1. The number of nitrogens with zero attached hydrogens (tertiary/aromatic N) is 1. The molecule has 0 aliphatic carbocycles. The highest BCUT2D eigenvalue weighted by Crippen LogP contribution is 2.21. The van der Waals surface area contributed by atoms with Crippen molar-refractivity contribution in [3.8, 4) is 0 Å². The fraction of sp³-hybridized carbons (Fsp3) is 0.167. The highest BCUT2D eigenvalue weighted by atomic mass is 32.2. The van der Waals surface area contributed by atoms with Gasteiger partial charge in [0.15, 0.2) is 0 Å². The number of aromatic nitrogens is 1. The van der Waals surface area contributed by atoms with Crippen LogP contribution in [0.3, 0.4) is 0 Å². The molecule has 2 N–H and O–H groups in total. The van der Waals surface area contributed by atoms with Gasteiger partial charge in [-0.25, -0.2) is 8.42 Å². The first-order valence-corrected chi connectivity index (χ1v) is 6.99. The van der Waals surface area contributed by atoms with Crippen molar-refractivity contribution in [1.82, 2.24) is 9.71 Å². The number of carbonyl (C=O) groups is 1. The van der Waals surface area contributed by atoms with E-state index in [1.165, 1.54) is 13.0 Å². The van der Waals surface area contributed by atoms with Crippen molar-refractivity contribution in [3.63, 3.8) is 0 Å². The molecule has 0 amide bonds. The zero-order chi connectivity index (χ0) is 14.0. The van der Waals surface area contributed by atoms with Gasteiger partial charge in [-0.2, -0.15) is 4.72 Å². The fourth-order valence-electron chi connectivity index (χ4n) is 1.66. The molecule has 7 heteroatoms. The molecule has 2 rings (SSSR count). The number of pyridine rings is 1. The van der Waals surface area contributed by atoms with Crippen molar-refractivity contribution in [2.75, 3.05) is 0 Å². The molecule has 0 fully saturated rings. The van der Waals surface area contributed by atoms with Crippen LogP contribution in [0.25, 0.3) is 10.9 Å². The van der Waals surface area contributed by atoms with Crippen LogP contribution in [0.15, 0.2) is 41.4 Å². The maximum absolute atomic E-state index is 12.2. The molecule has 0 aliphatic rings. The molecule has 0 bridgehead atoms. The van der Waals surface area contributed by atoms with Crippen LogP contribution < -0.4 is 4.72 Å². The number of hydrogen-bond acceptors (Lipinski definition) is 4. The van der Waals surface area contributed by atoms with Gasteiger partial charge in [0.2, 0.25) is 10.0 Å². The normalized spacial score (nSPS) is 13.3. The molecule has 0 spiro atoms. The average molecular weight is 280 g/mol. The van der Waals surface area contributed by atoms with E-state index < -0.39 is 22.0 Å². The first kappa shape index (κ1) is 13.4. The van der Waals surface area contributed by atoms with Crippen LogP contribution >= 0.6 is 0 Å². The zero-order valence-electron chi connectivity index (χ0n) is 10.1. The van der Waals surface area contributed by atoms with Crippen molar-refractivity contribution in [2.24, 2.45) is 0 Å². The summed E-state index contributed by atoms with van der Waals surface area (Å²) in [6.07, 6.45) is 1.56. The van der Waals surface area contributed by atoms with Gasteiger partial charge in [-0.1, -0.05) is 6.07 Å². The Balaban J connectivity index is 2.52. The number of sulfonamides is 1. The van der Waals surface area contributed by atoms with E-state index in [1.807, 2.05) is 0 Å². The molecule has 0 radical (unpaired) electrons. The molecule has 1 aromatic heterocycles. The lowest BCUT2D eigenvalue weighted by Gasteiger charge is -2.11. The molecule has 0 aliphatic heterocycles. The van der Waals surface area contributed by atoms with E-state index in [0.29, 0.717) is 10.9 Å². The molecule has 100 valence electrons. The average Bonchev–Trinajstić information content (AvgIpc) is 2.37. The zero-order valence-corrected chi connectivity index (χ0v) is 10.9. The minimum absolute atomic E-state index is 0.0196. The summed E-state index contributed by atoms with van der Waals surface area (Å²) in [7, 11) is -3.90. The molecule has 0 saturated heterocycles. The highest BCUT2D eigenvalue weighted by molar-refractivity contribution is 7.89. The van der Waals surface area contributed by atoms with Crippen LogP contribution in [0.1, 0.15) is 6.92 Å². The van der Waals surface area contributed by atoms with Gasteiger partial charge >= 0.3 is 5.97 Å². The first-order valence-electron chi connectivity index (χ1n) is 5.51. The summed E-state index contributed by atoms with van der Waals surface area (Å²) in [6, 6.07) is 6.73. The number of nitrogens with one attached hydrogen (secondary N) is 1. The Bertz CT molecular complexity index is 722. The van der Waals surface area contributed by atoms with Crippen molar-refractivity contribution >= 4 is 26.9 Å². The molecule has 1 atom stereocenters. The minimum Gasteiger partial charge on any atom is -0.480 e. The van der Waals surface area contributed by atoms with Crippen molar-refractivity contribution in [1.29, 1.82) is 0 Å². The summed E-state index contributed by atoms with van der Waals surface area (Å²) in [5.74, 6) is -1.23. The maximum Gasteiger partial charge on any atom is 0.321 e. The molecule has 0 unspecified atom stereocenters. The van der Waals surface area contributed by atoms with Gasteiger partial charge in [-0.15, -0.1) is 0 Å². The van der Waals surface area contributed by atoms with Gasteiger partial charge < -0.3 is 5.11 Å². The van der Waals surface area contributed by atoms with Crippen molar-refractivity contribution in [2.45, 2.75) is 17.9 Å². The Morgan fingerprint density at radius 1 is 1.32 bits per heavy atom. The van der Waals surface area contributed by atoms with Crippen LogP contribution in [0, 0.1) is 0 Å². The monoisotopic (exact) mass is 280 g/mol. The number of hydrogen-bond donors (Lipinski definition) is 2. The Hall–Kier alpha value is -1.99. The summed E-state index contributed by atoms with van der Waals surface area (Å²) >= 11 is 0. The fourth-order valence-corrected chi connectivity index (χ4v) is 3.07. The van der Waals surface area contributed by atoms with E-state index in [1.54, 1.807) is 30.5 Å². The van der Waals surface area contributed by atoms with Crippen LogP contribution in [0.4, 0.5) is 0 Å². The largest absolute Gasteiger partial charge is 0.480 e. The van der Waals surface area contributed by atoms with Crippen molar-refractivity contribution < 1.29 is 18.3 Å². The third-order valence-corrected chi connectivity index (χ3v) is 4.20. The summed E-state index contributed by atoms with van der Waals surface area (Å²) in [4.78, 5) is 14.8. The summed E-state index contributed by atoms with van der Waals surface area (Å²) in [5, 5.41) is 9.22. The maximum atomic E-state index is 12.2. The van der Waals surface area contributed by atoms with Crippen LogP contribution in [-0.4, -0.2) is 30.5 Å². The lowest BCUT2D eigenvalue weighted by Crippen LogP contribution is -2.38. The molecule has 19 heavy (non-hydrogen) atoms. The van der Waals surface area contributed by atoms with E-state index in [0.717, 1.165) is 0 Å². The van der Waals surface area contributed by atoms with E-state index >= 15 is 0 Å². The van der Waals surface area contributed by atoms with Gasteiger partial charge in [0.05, 0.1) is 10.4 Å². The third-order valence-electron chi connectivity index (χ3n) is 2.60. The quantitative estimate of drug-likeness (QED) is 0.870. The Labute approximate surface area is 110 Å². The Morgan fingerprint density at radius 3 is 2.74 bits per heavy atom. The Morgan fingerprint density at radius 2 is 2.05 bits per heavy atom. The standard InChI is InChI=1S/C12H12N2O4S/c1-8(12(15)16)14-19(17,18)11-6-2-5-10-9(11)4-3-7-13-10/h2-8,14H,1H3,(H,15,16)/t8-/m0/s1. The highest BCUT2D eigenvalue weighted by Gasteiger charge is 2.23. The number of aliphatic carboxylic acids is 1. The summed E-state index contributed by atoms with van der Waals surface area (Å²) in [6.45, 7) is 1.27. The van der Waals surface area contributed by atoms with E-state index in [2.05, 4.69) is 9.71 Å². The third kappa shape index (κ3) is 2.72. The lowest BCUT2D eigenvalue weighted by molar-refractivity contribution is -0.138. The van der Waals surface area contributed by atoms with E-state index in [9.17, 15) is 13.2 Å². The van der Waals surface area contributed by atoms with Gasteiger partial charge in [0.1, 0.15) is 6.04 Å². The molecule has 2 aromatic rings. The molecule has 1 heterocycles. The van der Waals surface area contributed by atoms with Gasteiger partial charge in [0.25, 0.3) is 0 Å². The topological polar surface area (TPSA) is 96.4 Å². The second kappa shape index (κ2) is 4.94. The number of fused-ring (bicyclic) bond motifs is 1. The lowest BCUT2D eigenvalue weighted by atomic mass is 10.2. The second-order valence-corrected chi connectivity index (χ2v) is 5.69. The molecule has 1 aromatic carbocycles. The smallest absolute Gasteiger partial charge is 0.321 e. The molecule has 0 saturated carbocycles. The Kier molecular flexibility index (Phi) is 3.50. The molecular formula is C12H12N2O4S. The van der Waals surface area contributed by atoms with Crippen LogP contribution in [-0.2, 0) is 14.8 Å². The summed E-state index contributed by atoms with van der Waals surface area (Å²) in [5.41, 5.74) is 0.536.